The number of carboxylic acid groups (broad SMARTS) is 1. The maximum absolute atomic E-state index is 12.2. The molecule has 1 aliphatic rings. The van der Waals surface area contributed by atoms with Crippen LogP contribution in [0.2, 0.25) is 0 Å². The second-order valence-electron chi connectivity index (χ2n) is 3.86. The van der Waals surface area contributed by atoms with Crippen LogP contribution in [0.15, 0.2) is 11.4 Å². The van der Waals surface area contributed by atoms with Gasteiger partial charge in [-0.15, -0.1) is 11.3 Å². The summed E-state index contributed by atoms with van der Waals surface area (Å²) in [6, 6.07) is 0.978. The van der Waals surface area contributed by atoms with Gasteiger partial charge in [-0.3, -0.25) is 4.79 Å². The van der Waals surface area contributed by atoms with Crippen molar-refractivity contribution < 1.29 is 19.4 Å². The van der Waals surface area contributed by atoms with Crippen molar-refractivity contribution in [3.8, 4) is 0 Å². The average Bonchev–Trinajstić information content (AvgIpc) is 2.74. The Morgan fingerprint density at radius 1 is 1.59 bits per heavy atom. The van der Waals surface area contributed by atoms with Gasteiger partial charge in [0.1, 0.15) is 0 Å². The molecule has 0 spiro atoms. The van der Waals surface area contributed by atoms with Crippen LogP contribution in [0.3, 0.4) is 0 Å². The molecule has 0 aromatic carbocycles. The minimum atomic E-state index is -1.02. The van der Waals surface area contributed by atoms with Gasteiger partial charge in [-0.1, -0.05) is 0 Å². The standard InChI is InChI=1S/C11H13NO4S/c1-7-2-5-17-9(7)10(13)12-3-4-16-6-8(12)11(14)15/h2,5,8H,3-4,6H2,1H3,(H,14,15)/t8-/m0/s1. The summed E-state index contributed by atoms with van der Waals surface area (Å²) in [7, 11) is 0. The number of carbonyl (C=O) groups excluding carboxylic acids is 1. The Bertz CT molecular complexity index is 442. The molecule has 1 saturated heterocycles. The monoisotopic (exact) mass is 255 g/mol. The Morgan fingerprint density at radius 2 is 2.35 bits per heavy atom. The van der Waals surface area contributed by atoms with Crippen molar-refractivity contribution in [2.75, 3.05) is 19.8 Å². The van der Waals surface area contributed by atoms with Crippen molar-refractivity contribution in [3.63, 3.8) is 0 Å². The number of thiophene rings is 1. The highest BCUT2D eigenvalue weighted by Crippen LogP contribution is 2.20. The van der Waals surface area contributed by atoms with E-state index in [2.05, 4.69) is 0 Å². The van der Waals surface area contributed by atoms with Crippen molar-refractivity contribution in [2.45, 2.75) is 13.0 Å². The second-order valence-corrected chi connectivity index (χ2v) is 4.78. The number of morpholine rings is 1. The molecule has 0 aliphatic carbocycles. The maximum Gasteiger partial charge on any atom is 0.328 e. The molecule has 0 unspecified atom stereocenters. The van der Waals surface area contributed by atoms with Gasteiger partial charge in [0, 0.05) is 6.54 Å². The molecule has 1 N–H and O–H groups in total. The maximum atomic E-state index is 12.2. The number of aliphatic carboxylic acids is 1. The number of hydrogen-bond donors (Lipinski definition) is 1. The lowest BCUT2D eigenvalue weighted by Gasteiger charge is -2.32. The third-order valence-corrected chi connectivity index (χ3v) is 3.74. The van der Waals surface area contributed by atoms with Gasteiger partial charge in [-0.25, -0.2) is 4.79 Å². The molecule has 1 fully saturated rings. The largest absolute Gasteiger partial charge is 0.480 e. The van der Waals surface area contributed by atoms with Gasteiger partial charge < -0.3 is 14.7 Å². The molecule has 1 aromatic heterocycles. The molecule has 17 heavy (non-hydrogen) atoms. The first kappa shape index (κ1) is 12.1. The van der Waals surface area contributed by atoms with E-state index in [9.17, 15) is 9.59 Å². The third-order valence-electron chi connectivity index (χ3n) is 2.73. The van der Waals surface area contributed by atoms with Crippen molar-refractivity contribution in [1.82, 2.24) is 4.90 Å². The molecule has 0 saturated carbocycles. The first-order chi connectivity index (χ1) is 8.11. The summed E-state index contributed by atoms with van der Waals surface area (Å²) >= 11 is 1.34. The van der Waals surface area contributed by atoms with Gasteiger partial charge >= 0.3 is 5.97 Å². The van der Waals surface area contributed by atoms with E-state index in [0.717, 1.165) is 5.56 Å². The summed E-state index contributed by atoms with van der Waals surface area (Å²) in [5.74, 6) is -1.24. The van der Waals surface area contributed by atoms with Gasteiger partial charge in [0.05, 0.1) is 18.1 Å². The van der Waals surface area contributed by atoms with Crippen LogP contribution in [-0.4, -0.2) is 47.7 Å². The van der Waals surface area contributed by atoms with Crippen molar-refractivity contribution in [1.29, 1.82) is 0 Å². The van der Waals surface area contributed by atoms with Crippen LogP contribution < -0.4 is 0 Å². The highest BCUT2D eigenvalue weighted by atomic mass is 32.1. The fourth-order valence-electron chi connectivity index (χ4n) is 1.77. The van der Waals surface area contributed by atoms with E-state index >= 15 is 0 Å². The molecule has 1 amide bonds. The van der Waals surface area contributed by atoms with Crippen LogP contribution in [0.5, 0.6) is 0 Å². The van der Waals surface area contributed by atoms with E-state index in [1.807, 2.05) is 18.4 Å². The zero-order valence-corrected chi connectivity index (χ0v) is 10.2. The van der Waals surface area contributed by atoms with Crippen LogP contribution in [0, 0.1) is 6.92 Å². The molecule has 2 rings (SSSR count). The van der Waals surface area contributed by atoms with Crippen LogP contribution in [-0.2, 0) is 9.53 Å². The highest BCUT2D eigenvalue weighted by molar-refractivity contribution is 7.12. The van der Waals surface area contributed by atoms with Gasteiger partial charge in [-0.2, -0.15) is 0 Å². The number of nitrogens with zero attached hydrogens (tertiary/aromatic N) is 1. The molecule has 2 heterocycles. The minimum Gasteiger partial charge on any atom is -0.480 e. The van der Waals surface area contributed by atoms with E-state index in [4.69, 9.17) is 9.84 Å². The summed E-state index contributed by atoms with van der Waals surface area (Å²) in [5, 5.41) is 10.9. The molecular weight excluding hydrogens is 242 g/mol. The number of ether oxygens (including phenoxy) is 1. The molecule has 1 atom stereocenters. The van der Waals surface area contributed by atoms with Crippen LogP contribution in [0.4, 0.5) is 0 Å². The van der Waals surface area contributed by atoms with Gasteiger partial charge in [0.25, 0.3) is 5.91 Å². The van der Waals surface area contributed by atoms with Crippen molar-refractivity contribution in [2.24, 2.45) is 0 Å². The first-order valence-electron chi connectivity index (χ1n) is 5.27. The Balaban J connectivity index is 2.23. The van der Waals surface area contributed by atoms with E-state index in [-0.39, 0.29) is 12.5 Å². The fourth-order valence-corrected chi connectivity index (χ4v) is 2.65. The Kier molecular flexibility index (Phi) is 3.44. The highest BCUT2D eigenvalue weighted by Gasteiger charge is 2.34. The SMILES string of the molecule is Cc1ccsc1C(=O)N1CCOC[C@H]1C(=O)O. The molecule has 1 aromatic rings. The zero-order valence-electron chi connectivity index (χ0n) is 9.38. The number of amides is 1. The summed E-state index contributed by atoms with van der Waals surface area (Å²) in [5.41, 5.74) is 0.885. The molecule has 92 valence electrons. The number of rotatable bonds is 2. The molecule has 0 radical (unpaired) electrons. The van der Waals surface area contributed by atoms with E-state index < -0.39 is 12.0 Å². The minimum absolute atomic E-state index is 0.0610. The van der Waals surface area contributed by atoms with Crippen LogP contribution >= 0.6 is 11.3 Å². The van der Waals surface area contributed by atoms with E-state index in [0.29, 0.717) is 18.0 Å². The van der Waals surface area contributed by atoms with E-state index in [1.54, 1.807) is 0 Å². The number of hydrogen-bond acceptors (Lipinski definition) is 4. The smallest absolute Gasteiger partial charge is 0.328 e. The second kappa shape index (κ2) is 4.85. The fraction of sp³-hybridized carbons (Fsp3) is 0.455. The van der Waals surface area contributed by atoms with Crippen molar-refractivity contribution in [3.05, 3.63) is 21.9 Å². The summed E-state index contributed by atoms with van der Waals surface area (Å²) in [6.07, 6.45) is 0. The predicted octanol–water partition coefficient (Wildman–Crippen LogP) is 0.982. The number of aryl methyl sites for hydroxylation is 1. The van der Waals surface area contributed by atoms with Gasteiger partial charge in [0.15, 0.2) is 6.04 Å². The predicted molar refractivity (Wildman–Crippen MR) is 62.3 cm³/mol. The van der Waals surface area contributed by atoms with Crippen LogP contribution in [0.1, 0.15) is 15.2 Å². The van der Waals surface area contributed by atoms with Gasteiger partial charge in [-0.05, 0) is 23.9 Å². The summed E-state index contributed by atoms with van der Waals surface area (Å²) in [6.45, 7) is 2.62. The van der Waals surface area contributed by atoms with Gasteiger partial charge in [0.2, 0.25) is 0 Å². The molecule has 0 bridgehead atoms. The first-order valence-corrected chi connectivity index (χ1v) is 6.15. The molecular formula is C11H13NO4S. The third kappa shape index (κ3) is 2.32. The average molecular weight is 255 g/mol. The number of carboxylic acids is 1. The molecule has 6 heteroatoms. The lowest BCUT2D eigenvalue weighted by Crippen LogP contribution is -2.52. The Morgan fingerprint density at radius 3 is 2.94 bits per heavy atom. The lowest BCUT2D eigenvalue weighted by atomic mass is 10.2. The van der Waals surface area contributed by atoms with Crippen LogP contribution in [0.25, 0.3) is 0 Å². The quantitative estimate of drug-likeness (QED) is 0.855. The Hall–Kier alpha value is -1.40. The zero-order chi connectivity index (χ0) is 12.4. The topological polar surface area (TPSA) is 66.8 Å². The molecule has 1 aliphatic heterocycles. The normalized spacial score (nSPS) is 20.3. The van der Waals surface area contributed by atoms with Crippen molar-refractivity contribution >= 4 is 23.2 Å². The summed E-state index contributed by atoms with van der Waals surface area (Å²) < 4.78 is 5.10. The molecule has 5 nitrogen and oxygen atoms in total. The Labute approximate surface area is 103 Å². The van der Waals surface area contributed by atoms with E-state index in [1.165, 1.54) is 16.2 Å². The lowest BCUT2D eigenvalue weighted by molar-refractivity contribution is -0.147. The number of carbonyl (C=O) groups is 2. The summed E-state index contributed by atoms with van der Waals surface area (Å²) in [4.78, 5) is 25.3.